The molecule has 1 atom stereocenters. The first kappa shape index (κ1) is 16.2. The second kappa shape index (κ2) is 6.84. The predicted octanol–water partition coefficient (Wildman–Crippen LogP) is 3.37. The number of hydrogen-bond donors (Lipinski definition) is 1. The van der Waals surface area contributed by atoms with Crippen LogP contribution in [0.5, 0.6) is 0 Å². The Labute approximate surface area is 143 Å². The Morgan fingerprint density at radius 2 is 1.92 bits per heavy atom. The molecule has 0 saturated carbocycles. The number of carbonyl (C=O) groups is 1. The van der Waals surface area contributed by atoms with Crippen molar-refractivity contribution in [3.05, 3.63) is 69.8 Å². The van der Waals surface area contributed by atoms with Crippen molar-refractivity contribution < 1.29 is 9.72 Å². The third kappa shape index (κ3) is 3.46. The maximum Gasteiger partial charge on any atom is 0.272 e. The first-order valence-electron chi connectivity index (χ1n) is 7.39. The van der Waals surface area contributed by atoms with Crippen LogP contribution in [0.3, 0.4) is 0 Å². The molecule has 7 heteroatoms. The molecule has 1 saturated heterocycles. The van der Waals surface area contributed by atoms with Gasteiger partial charge in [0, 0.05) is 18.1 Å². The number of rotatable bonds is 4. The van der Waals surface area contributed by atoms with Gasteiger partial charge in [0.25, 0.3) is 5.69 Å². The minimum absolute atomic E-state index is 0.0372. The molecule has 1 aliphatic heterocycles. The summed E-state index contributed by atoms with van der Waals surface area (Å²) < 4.78 is 0. The third-order valence-corrected chi connectivity index (χ3v) is 4.79. The highest BCUT2D eigenvalue weighted by Gasteiger charge is 2.32. The Kier molecular flexibility index (Phi) is 4.61. The molecule has 2 aromatic carbocycles. The van der Waals surface area contributed by atoms with Gasteiger partial charge in [-0.25, -0.2) is 4.99 Å². The number of aryl methyl sites for hydroxylation is 1. The van der Waals surface area contributed by atoms with Crippen molar-refractivity contribution in [1.82, 2.24) is 5.32 Å². The molecular formula is C17H15N3O3S. The van der Waals surface area contributed by atoms with Crippen LogP contribution in [-0.4, -0.2) is 21.2 Å². The van der Waals surface area contributed by atoms with E-state index in [0.29, 0.717) is 17.2 Å². The molecule has 0 aromatic heterocycles. The highest BCUT2D eigenvalue weighted by molar-refractivity contribution is 8.15. The van der Waals surface area contributed by atoms with Crippen LogP contribution >= 0.6 is 11.8 Å². The summed E-state index contributed by atoms with van der Waals surface area (Å²) in [5, 5.41) is 14.0. The number of aliphatic imine (C=N–C) groups is 1. The van der Waals surface area contributed by atoms with Gasteiger partial charge < -0.3 is 5.32 Å². The van der Waals surface area contributed by atoms with E-state index >= 15 is 0 Å². The number of nitrogens with zero attached hydrogens (tertiary/aromatic N) is 2. The van der Waals surface area contributed by atoms with Crippen LogP contribution in [0.2, 0.25) is 0 Å². The molecule has 2 aromatic rings. The zero-order chi connectivity index (χ0) is 17.1. The summed E-state index contributed by atoms with van der Waals surface area (Å²) in [5.41, 5.74) is 2.40. The fraction of sp³-hybridized carbons (Fsp3) is 0.176. The Balaban J connectivity index is 1.79. The zero-order valence-electron chi connectivity index (χ0n) is 12.9. The average molecular weight is 341 g/mol. The fourth-order valence-corrected chi connectivity index (χ4v) is 3.46. The molecule has 1 fully saturated rings. The van der Waals surface area contributed by atoms with E-state index in [1.54, 1.807) is 18.2 Å². The van der Waals surface area contributed by atoms with Crippen LogP contribution in [0.25, 0.3) is 0 Å². The van der Waals surface area contributed by atoms with Crippen molar-refractivity contribution in [2.75, 3.05) is 0 Å². The number of nitro groups is 1. The van der Waals surface area contributed by atoms with Gasteiger partial charge in [-0.3, -0.25) is 14.9 Å². The maximum absolute atomic E-state index is 12.2. The quantitative estimate of drug-likeness (QED) is 0.682. The zero-order valence-corrected chi connectivity index (χ0v) is 13.7. The van der Waals surface area contributed by atoms with E-state index in [-0.39, 0.29) is 11.6 Å². The molecule has 0 bridgehead atoms. The number of nitrogens with one attached hydrogen (secondary N) is 1. The number of carbonyl (C=O) groups excluding carboxylic acids is 1. The average Bonchev–Trinajstić information content (AvgIpc) is 2.89. The molecule has 122 valence electrons. The maximum atomic E-state index is 12.2. The molecule has 0 spiro atoms. The van der Waals surface area contributed by atoms with E-state index < -0.39 is 10.2 Å². The molecule has 6 nitrogen and oxygen atoms in total. The van der Waals surface area contributed by atoms with Crippen molar-refractivity contribution in [2.24, 2.45) is 4.99 Å². The van der Waals surface area contributed by atoms with Gasteiger partial charge in [0.15, 0.2) is 5.17 Å². The standard InChI is InChI=1S/C17H15N3O3S/c1-11-6-2-4-8-13(11)18-17-19-16(21)15(24-17)10-12-7-3-5-9-14(12)20(22)23/h2-9,15H,10H2,1H3,(H,18,19,21). The van der Waals surface area contributed by atoms with Crippen LogP contribution in [-0.2, 0) is 11.2 Å². The summed E-state index contributed by atoms with van der Waals surface area (Å²) in [6.45, 7) is 1.95. The van der Waals surface area contributed by atoms with E-state index in [9.17, 15) is 14.9 Å². The van der Waals surface area contributed by atoms with Gasteiger partial charge in [0.2, 0.25) is 5.91 Å². The van der Waals surface area contributed by atoms with Crippen molar-refractivity contribution >= 4 is 34.2 Å². The lowest BCUT2D eigenvalue weighted by Gasteiger charge is -2.06. The van der Waals surface area contributed by atoms with E-state index in [1.165, 1.54) is 17.8 Å². The SMILES string of the molecule is Cc1ccccc1N=C1NC(=O)C(Cc2ccccc2[N+](=O)[O-])S1. The lowest BCUT2D eigenvalue weighted by atomic mass is 10.1. The summed E-state index contributed by atoms with van der Waals surface area (Å²) >= 11 is 1.30. The highest BCUT2D eigenvalue weighted by atomic mass is 32.2. The molecule has 1 N–H and O–H groups in total. The van der Waals surface area contributed by atoms with E-state index in [0.717, 1.165) is 11.3 Å². The van der Waals surface area contributed by atoms with Crippen molar-refractivity contribution in [2.45, 2.75) is 18.6 Å². The van der Waals surface area contributed by atoms with Crippen molar-refractivity contribution in [3.8, 4) is 0 Å². The smallest absolute Gasteiger partial charge is 0.272 e. The summed E-state index contributed by atoms with van der Waals surface area (Å²) in [5.74, 6) is -0.175. The minimum atomic E-state index is -0.422. The first-order chi connectivity index (χ1) is 11.5. The lowest BCUT2D eigenvalue weighted by Crippen LogP contribution is -2.26. The monoisotopic (exact) mass is 341 g/mol. The Hall–Kier alpha value is -2.67. The second-order valence-corrected chi connectivity index (χ2v) is 6.58. The Morgan fingerprint density at radius 3 is 2.67 bits per heavy atom. The summed E-state index contributed by atoms with van der Waals surface area (Å²) in [6, 6.07) is 14.1. The van der Waals surface area contributed by atoms with Gasteiger partial charge in [-0.15, -0.1) is 0 Å². The number of benzene rings is 2. The van der Waals surface area contributed by atoms with Gasteiger partial charge in [-0.2, -0.15) is 0 Å². The molecule has 1 unspecified atom stereocenters. The molecular weight excluding hydrogens is 326 g/mol. The lowest BCUT2D eigenvalue weighted by molar-refractivity contribution is -0.385. The Morgan fingerprint density at radius 1 is 1.21 bits per heavy atom. The van der Waals surface area contributed by atoms with Gasteiger partial charge >= 0.3 is 0 Å². The number of nitro benzene ring substituents is 1. The minimum Gasteiger partial charge on any atom is -0.304 e. The van der Waals surface area contributed by atoms with E-state index in [1.807, 2.05) is 31.2 Å². The normalized spacial score (nSPS) is 18.6. The number of amidine groups is 1. The highest BCUT2D eigenvalue weighted by Crippen LogP contribution is 2.29. The van der Waals surface area contributed by atoms with Crippen LogP contribution in [0.15, 0.2) is 53.5 Å². The number of para-hydroxylation sites is 2. The summed E-state index contributed by atoms with van der Waals surface area (Å²) in [7, 11) is 0. The third-order valence-electron chi connectivity index (χ3n) is 3.71. The Bertz CT molecular complexity index is 835. The van der Waals surface area contributed by atoms with Crippen LogP contribution < -0.4 is 5.32 Å². The molecule has 24 heavy (non-hydrogen) atoms. The summed E-state index contributed by atoms with van der Waals surface area (Å²) in [6.07, 6.45) is 0.292. The molecule has 1 amide bonds. The van der Waals surface area contributed by atoms with Gasteiger partial charge in [0.05, 0.1) is 15.9 Å². The largest absolute Gasteiger partial charge is 0.304 e. The molecule has 0 radical (unpaired) electrons. The van der Waals surface area contributed by atoms with Crippen LogP contribution in [0.1, 0.15) is 11.1 Å². The van der Waals surface area contributed by atoms with Crippen LogP contribution in [0.4, 0.5) is 11.4 Å². The second-order valence-electron chi connectivity index (χ2n) is 5.39. The number of thioether (sulfide) groups is 1. The molecule has 1 heterocycles. The predicted molar refractivity (Wildman–Crippen MR) is 94.6 cm³/mol. The molecule has 1 aliphatic rings. The molecule has 0 aliphatic carbocycles. The topological polar surface area (TPSA) is 84.6 Å². The molecule has 3 rings (SSSR count). The first-order valence-corrected chi connectivity index (χ1v) is 8.26. The van der Waals surface area contributed by atoms with Crippen LogP contribution in [0, 0.1) is 17.0 Å². The van der Waals surface area contributed by atoms with Crippen molar-refractivity contribution in [1.29, 1.82) is 0 Å². The van der Waals surface area contributed by atoms with E-state index in [4.69, 9.17) is 0 Å². The van der Waals surface area contributed by atoms with Gasteiger partial charge in [-0.1, -0.05) is 48.2 Å². The fourth-order valence-electron chi connectivity index (χ4n) is 2.45. The summed E-state index contributed by atoms with van der Waals surface area (Å²) in [4.78, 5) is 27.3. The van der Waals surface area contributed by atoms with Gasteiger partial charge in [-0.05, 0) is 18.6 Å². The van der Waals surface area contributed by atoms with E-state index in [2.05, 4.69) is 10.3 Å². The van der Waals surface area contributed by atoms with Gasteiger partial charge in [0.1, 0.15) is 0 Å². The van der Waals surface area contributed by atoms with Crippen molar-refractivity contribution in [3.63, 3.8) is 0 Å². The number of hydrogen-bond acceptors (Lipinski definition) is 5. The number of amides is 1.